The molecule has 3 unspecified atom stereocenters. The van der Waals surface area contributed by atoms with Gasteiger partial charge in [-0.2, -0.15) is 0 Å². The maximum Gasteiger partial charge on any atom is 0.169 e. The molecule has 0 aliphatic heterocycles. The molecular formula is C15H28O2. The fraction of sp³-hybridized carbons (Fsp3) is 1.00. The van der Waals surface area contributed by atoms with Crippen molar-refractivity contribution in [3.05, 3.63) is 0 Å². The molecule has 2 fully saturated rings. The molecule has 0 saturated heterocycles. The normalized spacial score (nSPS) is 43.2. The Kier molecular flexibility index (Phi) is 3.33. The predicted octanol–water partition coefficient (Wildman–Crippen LogP) is 3.87. The van der Waals surface area contributed by atoms with Crippen molar-refractivity contribution in [2.45, 2.75) is 84.0 Å². The molecular weight excluding hydrogens is 212 g/mol. The molecule has 0 aromatic carbocycles. The van der Waals surface area contributed by atoms with E-state index in [-0.39, 0.29) is 5.60 Å². The van der Waals surface area contributed by atoms with Gasteiger partial charge in [-0.05, 0) is 51.9 Å². The lowest BCUT2D eigenvalue weighted by Gasteiger charge is -2.54. The average Bonchev–Trinajstić information content (AvgIpc) is 2.13. The van der Waals surface area contributed by atoms with Crippen molar-refractivity contribution in [2.24, 2.45) is 11.3 Å². The smallest absolute Gasteiger partial charge is 0.169 e. The van der Waals surface area contributed by atoms with Crippen molar-refractivity contribution in [1.29, 1.82) is 0 Å². The third-order valence-electron chi connectivity index (χ3n) is 4.64. The Morgan fingerprint density at radius 2 is 1.71 bits per heavy atom. The van der Waals surface area contributed by atoms with Crippen LogP contribution in [0.4, 0.5) is 0 Å². The summed E-state index contributed by atoms with van der Waals surface area (Å²) in [6.45, 7) is 8.48. The molecule has 2 nitrogen and oxygen atoms in total. The quantitative estimate of drug-likeness (QED) is 0.705. The van der Waals surface area contributed by atoms with E-state index in [1.54, 1.807) is 0 Å². The van der Waals surface area contributed by atoms with Gasteiger partial charge in [-0.15, -0.1) is 0 Å². The van der Waals surface area contributed by atoms with Crippen molar-refractivity contribution in [1.82, 2.24) is 0 Å². The third kappa shape index (κ3) is 2.68. The number of ether oxygens (including phenoxy) is 1. The zero-order valence-electron chi connectivity index (χ0n) is 11.9. The van der Waals surface area contributed by atoms with Crippen LogP contribution in [0.5, 0.6) is 0 Å². The van der Waals surface area contributed by atoms with Gasteiger partial charge in [-0.1, -0.05) is 19.8 Å². The first kappa shape index (κ1) is 13.4. The fourth-order valence-electron chi connectivity index (χ4n) is 4.04. The van der Waals surface area contributed by atoms with Gasteiger partial charge in [0, 0.05) is 12.3 Å². The van der Waals surface area contributed by atoms with Crippen molar-refractivity contribution in [2.75, 3.05) is 0 Å². The molecule has 2 aliphatic rings. The molecule has 17 heavy (non-hydrogen) atoms. The Bertz CT molecular complexity index is 277. The summed E-state index contributed by atoms with van der Waals surface area (Å²) in [5.74, 6) is -0.553. The number of hydrogen-bond donors (Lipinski definition) is 1. The maximum absolute atomic E-state index is 10.9. The van der Waals surface area contributed by atoms with Crippen molar-refractivity contribution < 1.29 is 9.84 Å². The fourth-order valence-corrected chi connectivity index (χ4v) is 4.04. The van der Waals surface area contributed by atoms with E-state index in [0.717, 1.165) is 19.3 Å². The Morgan fingerprint density at radius 1 is 1.06 bits per heavy atom. The largest absolute Gasteiger partial charge is 0.365 e. The van der Waals surface area contributed by atoms with E-state index in [0.29, 0.717) is 11.3 Å². The molecule has 1 N–H and O–H groups in total. The van der Waals surface area contributed by atoms with Crippen LogP contribution in [0.25, 0.3) is 0 Å². The molecule has 0 spiro atoms. The van der Waals surface area contributed by atoms with Gasteiger partial charge in [0.1, 0.15) is 0 Å². The molecule has 2 aliphatic carbocycles. The molecule has 0 aromatic rings. The molecule has 0 bridgehead atoms. The number of hydrogen-bond acceptors (Lipinski definition) is 2. The highest BCUT2D eigenvalue weighted by atomic mass is 16.6. The summed E-state index contributed by atoms with van der Waals surface area (Å²) < 4.78 is 6.06. The van der Waals surface area contributed by atoms with Gasteiger partial charge in [0.15, 0.2) is 5.79 Å². The summed E-state index contributed by atoms with van der Waals surface area (Å²) >= 11 is 0. The SMILES string of the molecule is CC(C)(C)OC1(O)CCCC2(C)CCCCC21. The van der Waals surface area contributed by atoms with Gasteiger partial charge in [-0.25, -0.2) is 0 Å². The van der Waals surface area contributed by atoms with E-state index in [2.05, 4.69) is 6.92 Å². The molecule has 2 rings (SSSR count). The second-order valence-corrected chi connectivity index (χ2v) is 7.37. The minimum absolute atomic E-state index is 0.259. The van der Waals surface area contributed by atoms with Crippen molar-refractivity contribution in [3.63, 3.8) is 0 Å². The predicted molar refractivity (Wildman–Crippen MR) is 69.7 cm³/mol. The Labute approximate surface area is 106 Å². The summed E-state index contributed by atoms with van der Waals surface area (Å²) in [6.07, 6.45) is 8.11. The van der Waals surface area contributed by atoms with E-state index in [1.165, 1.54) is 25.7 Å². The molecule has 0 aromatic heterocycles. The monoisotopic (exact) mass is 240 g/mol. The summed E-state index contributed by atoms with van der Waals surface area (Å²) in [4.78, 5) is 0. The van der Waals surface area contributed by atoms with E-state index in [9.17, 15) is 5.11 Å². The highest BCUT2D eigenvalue weighted by Crippen LogP contribution is 2.55. The zero-order valence-corrected chi connectivity index (χ0v) is 11.9. The summed E-state index contributed by atoms with van der Waals surface area (Å²) in [6, 6.07) is 0. The van der Waals surface area contributed by atoms with Crippen LogP contribution in [0, 0.1) is 11.3 Å². The van der Waals surface area contributed by atoms with Crippen LogP contribution in [0.3, 0.4) is 0 Å². The van der Waals surface area contributed by atoms with Crippen LogP contribution in [0.2, 0.25) is 0 Å². The topological polar surface area (TPSA) is 29.5 Å². The van der Waals surface area contributed by atoms with Gasteiger partial charge < -0.3 is 9.84 Å². The lowest BCUT2D eigenvalue weighted by Crippen LogP contribution is -2.55. The van der Waals surface area contributed by atoms with E-state index in [1.807, 2.05) is 20.8 Å². The van der Waals surface area contributed by atoms with Crippen LogP contribution in [0.15, 0.2) is 0 Å². The first-order valence-electron chi connectivity index (χ1n) is 7.18. The van der Waals surface area contributed by atoms with E-state index in [4.69, 9.17) is 4.74 Å². The molecule has 0 amide bonds. The molecule has 0 heterocycles. The molecule has 0 radical (unpaired) electrons. The van der Waals surface area contributed by atoms with Gasteiger partial charge in [0.2, 0.25) is 0 Å². The minimum atomic E-state index is -0.883. The molecule has 2 heteroatoms. The highest BCUT2D eigenvalue weighted by molar-refractivity contribution is 4.98. The van der Waals surface area contributed by atoms with Gasteiger partial charge in [0.05, 0.1) is 5.60 Å². The van der Waals surface area contributed by atoms with Crippen LogP contribution < -0.4 is 0 Å². The van der Waals surface area contributed by atoms with Crippen LogP contribution in [0.1, 0.15) is 72.6 Å². The first-order valence-corrected chi connectivity index (χ1v) is 7.18. The second kappa shape index (κ2) is 4.24. The molecule has 2 saturated carbocycles. The lowest BCUT2D eigenvalue weighted by atomic mass is 9.58. The standard InChI is InChI=1S/C15H28O2/c1-13(2,3)17-15(16)11-7-10-14(4)9-6-5-8-12(14)15/h12,16H,5-11H2,1-4H3. The Hall–Kier alpha value is -0.0800. The van der Waals surface area contributed by atoms with E-state index < -0.39 is 5.79 Å². The number of fused-ring (bicyclic) bond motifs is 1. The summed E-state index contributed by atoms with van der Waals surface area (Å²) in [5, 5.41) is 10.9. The van der Waals surface area contributed by atoms with Crippen molar-refractivity contribution in [3.8, 4) is 0 Å². The van der Waals surface area contributed by atoms with Crippen LogP contribution in [-0.2, 0) is 4.74 Å². The number of rotatable bonds is 1. The average molecular weight is 240 g/mol. The second-order valence-electron chi connectivity index (χ2n) is 7.37. The minimum Gasteiger partial charge on any atom is -0.365 e. The molecule has 3 atom stereocenters. The zero-order chi connectivity index (χ0) is 12.7. The molecule has 100 valence electrons. The lowest BCUT2D eigenvalue weighted by molar-refractivity contribution is -0.317. The summed E-state index contributed by atoms with van der Waals surface area (Å²) in [5.41, 5.74) is 0.0426. The van der Waals surface area contributed by atoms with Crippen LogP contribution >= 0.6 is 0 Å². The number of aliphatic hydroxyl groups is 1. The van der Waals surface area contributed by atoms with Gasteiger partial charge >= 0.3 is 0 Å². The summed E-state index contributed by atoms with van der Waals surface area (Å²) in [7, 11) is 0. The van der Waals surface area contributed by atoms with Gasteiger partial charge in [0.25, 0.3) is 0 Å². The highest BCUT2D eigenvalue weighted by Gasteiger charge is 2.53. The first-order chi connectivity index (χ1) is 7.75. The Balaban J connectivity index is 2.21. The van der Waals surface area contributed by atoms with E-state index >= 15 is 0 Å². The van der Waals surface area contributed by atoms with Crippen LogP contribution in [-0.4, -0.2) is 16.5 Å². The Morgan fingerprint density at radius 3 is 2.35 bits per heavy atom. The van der Waals surface area contributed by atoms with Crippen molar-refractivity contribution >= 4 is 0 Å². The third-order valence-corrected chi connectivity index (χ3v) is 4.64. The van der Waals surface area contributed by atoms with Gasteiger partial charge in [-0.3, -0.25) is 0 Å². The maximum atomic E-state index is 10.9.